The van der Waals surface area contributed by atoms with Crippen LogP contribution in [0.1, 0.15) is 39.0 Å². The fraction of sp³-hybridized carbons (Fsp3) is 0.643. The van der Waals surface area contributed by atoms with Crippen LogP contribution in [0, 0.1) is 0 Å². The molecule has 0 radical (unpaired) electrons. The van der Waals surface area contributed by atoms with Crippen LogP contribution < -0.4 is 11.5 Å². The van der Waals surface area contributed by atoms with Crippen LogP contribution in [0.5, 0.6) is 0 Å². The number of hydrogen-bond acceptors (Lipinski definition) is 5. The molecule has 0 spiro atoms. The molecule has 0 heterocycles. The van der Waals surface area contributed by atoms with Crippen LogP contribution in [0.3, 0.4) is 0 Å². The molecule has 2 atom stereocenters. The van der Waals surface area contributed by atoms with E-state index in [0.717, 1.165) is 12.8 Å². The zero-order valence-corrected chi connectivity index (χ0v) is 13.8. The number of carbonyl (C=O) groups excluding carboxylic acids is 1. The van der Waals surface area contributed by atoms with Gasteiger partial charge in [0.15, 0.2) is 21.0 Å². The summed E-state index contributed by atoms with van der Waals surface area (Å²) in [5, 5.41) is -1.51. The van der Waals surface area contributed by atoms with E-state index in [1.54, 1.807) is 19.1 Å². The van der Waals surface area contributed by atoms with E-state index in [2.05, 4.69) is 0 Å². The first-order valence-corrected chi connectivity index (χ1v) is 8.93. The fourth-order valence-corrected chi connectivity index (χ4v) is 3.96. The van der Waals surface area contributed by atoms with Gasteiger partial charge in [-0.3, -0.25) is 4.79 Å². The Morgan fingerprint density at radius 1 is 1.43 bits per heavy atom. The number of allylic oxidation sites excluding steroid dienone is 4. The standard InChI is InChI=1S/C14H23ClN2O3S/c1-14(15)8-5-6-11(10-14)21(19,20)13(17)12(18)7-3-2-4-9-16/h5-6,8,13H,2-4,7,9-10,16-17H2,1H3. The second kappa shape index (κ2) is 7.54. The summed E-state index contributed by atoms with van der Waals surface area (Å²) in [6, 6.07) is 0. The molecule has 0 aliphatic heterocycles. The summed E-state index contributed by atoms with van der Waals surface area (Å²) in [4.78, 5) is 11.3. The normalized spacial score (nSPS) is 23.7. The molecule has 7 heteroatoms. The van der Waals surface area contributed by atoms with Crippen molar-refractivity contribution in [2.45, 2.75) is 49.3 Å². The molecule has 0 aromatic rings. The number of unbranched alkanes of at least 4 members (excludes halogenated alkanes) is 2. The molecule has 0 bridgehead atoms. The highest BCUT2D eigenvalue weighted by atomic mass is 35.5. The number of halogens is 1. The SMILES string of the molecule is CC1(Cl)C=CC=C(S(=O)(=O)C(N)C(=O)CCCCCN)C1. The third-order valence-corrected chi connectivity index (χ3v) is 5.59. The molecule has 120 valence electrons. The number of hydrogen-bond donors (Lipinski definition) is 2. The van der Waals surface area contributed by atoms with Gasteiger partial charge in [-0.2, -0.15) is 0 Å². The molecule has 0 aromatic carbocycles. The average Bonchev–Trinajstić information content (AvgIpc) is 2.41. The molecular formula is C14H23ClN2O3S. The molecule has 0 fully saturated rings. The maximum Gasteiger partial charge on any atom is 0.197 e. The summed E-state index contributed by atoms with van der Waals surface area (Å²) in [7, 11) is -3.85. The Balaban J connectivity index is 2.72. The Morgan fingerprint density at radius 3 is 2.67 bits per heavy atom. The van der Waals surface area contributed by atoms with Crippen molar-refractivity contribution in [1.29, 1.82) is 0 Å². The summed E-state index contributed by atoms with van der Waals surface area (Å²) < 4.78 is 24.8. The molecule has 4 N–H and O–H groups in total. The van der Waals surface area contributed by atoms with E-state index in [4.69, 9.17) is 23.1 Å². The molecule has 5 nitrogen and oxygen atoms in total. The number of alkyl halides is 1. The number of sulfone groups is 1. The highest BCUT2D eigenvalue weighted by molar-refractivity contribution is 7.96. The first-order chi connectivity index (χ1) is 9.70. The Bertz CT molecular complexity index is 538. The van der Waals surface area contributed by atoms with E-state index < -0.39 is 25.9 Å². The molecule has 0 amide bonds. The van der Waals surface area contributed by atoms with Crippen LogP contribution in [0.4, 0.5) is 0 Å². The van der Waals surface area contributed by atoms with Gasteiger partial charge in [-0.15, -0.1) is 11.6 Å². The largest absolute Gasteiger partial charge is 0.330 e. The minimum absolute atomic E-state index is 0.116. The van der Waals surface area contributed by atoms with E-state index in [-0.39, 0.29) is 17.7 Å². The predicted molar refractivity (Wildman–Crippen MR) is 85.5 cm³/mol. The fourth-order valence-electron chi connectivity index (χ4n) is 2.11. The van der Waals surface area contributed by atoms with Gasteiger partial charge in [0.1, 0.15) is 0 Å². The van der Waals surface area contributed by atoms with Crippen LogP contribution in [0.2, 0.25) is 0 Å². The average molecular weight is 335 g/mol. The summed E-state index contributed by atoms with van der Waals surface area (Å²) in [5.41, 5.74) is 11.0. The minimum Gasteiger partial charge on any atom is -0.330 e. The zero-order chi connectivity index (χ0) is 16.1. The molecule has 1 aliphatic rings. The van der Waals surface area contributed by atoms with Gasteiger partial charge in [0, 0.05) is 17.7 Å². The second-order valence-electron chi connectivity index (χ2n) is 5.48. The van der Waals surface area contributed by atoms with E-state index in [1.807, 2.05) is 0 Å². The second-order valence-corrected chi connectivity index (χ2v) is 8.46. The highest BCUT2D eigenvalue weighted by Gasteiger charge is 2.35. The van der Waals surface area contributed by atoms with Crippen molar-refractivity contribution in [2.75, 3.05) is 6.54 Å². The Kier molecular flexibility index (Phi) is 6.59. The molecule has 1 aliphatic carbocycles. The van der Waals surface area contributed by atoms with Crippen LogP contribution in [0.15, 0.2) is 23.1 Å². The molecule has 0 aromatic heterocycles. The Hall–Kier alpha value is -0.690. The quantitative estimate of drug-likeness (QED) is 0.518. The molecule has 0 saturated carbocycles. The summed E-state index contributed by atoms with van der Waals surface area (Å²) in [6.07, 6.45) is 7.27. The lowest BCUT2D eigenvalue weighted by Gasteiger charge is -2.24. The van der Waals surface area contributed by atoms with Crippen molar-refractivity contribution in [2.24, 2.45) is 11.5 Å². The van der Waals surface area contributed by atoms with Gasteiger partial charge in [-0.1, -0.05) is 18.6 Å². The number of Topliss-reactive ketones (excluding diaryl/α,β-unsaturated/α-hetero) is 1. The van der Waals surface area contributed by atoms with E-state index in [9.17, 15) is 13.2 Å². The molecule has 21 heavy (non-hydrogen) atoms. The Morgan fingerprint density at radius 2 is 2.10 bits per heavy atom. The maximum atomic E-state index is 12.4. The van der Waals surface area contributed by atoms with Gasteiger partial charge in [-0.25, -0.2) is 8.42 Å². The topological polar surface area (TPSA) is 103 Å². The Labute approximate surface area is 131 Å². The van der Waals surface area contributed by atoms with Gasteiger partial charge >= 0.3 is 0 Å². The molecule has 2 unspecified atom stereocenters. The lowest BCUT2D eigenvalue weighted by molar-refractivity contribution is -0.118. The molecular weight excluding hydrogens is 312 g/mol. The lowest BCUT2D eigenvalue weighted by atomic mass is 10.0. The van der Waals surface area contributed by atoms with Crippen molar-refractivity contribution in [3.8, 4) is 0 Å². The smallest absolute Gasteiger partial charge is 0.197 e. The first-order valence-electron chi connectivity index (χ1n) is 7.00. The van der Waals surface area contributed by atoms with Gasteiger partial charge in [0.2, 0.25) is 0 Å². The van der Waals surface area contributed by atoms with Gasteiger partial charge in [-0.05, 0) is 32.4 Å². The highest BCUT2D eigenvalue weighted by Crippen LogP contribution is 2.32. The van der Waals surface area contributed by atoms with Gasteiger partial charge in [0.05, 0.1) is 4.87 Å². The van der Waals surface area contributed by atoms with Crippen LogP contribution in [-0.2, 0) is 14.6 Å². The van der Waals surface area contributed by atoms with E-state index in [0.29, 0.717) is 13.0 Å². The monoisotopic (exact) mass is 334 g/mol. The van der Waals surface area contributed by atoms with Gasteiger partial charge in [0.25, 0.3) is 0 Å². The van der Waals surface area contributed by atoms with Crippen LogP contribution in [-0.4, -0.2) is 31.0 Å². The molecule has 0 saturated heterocycles. The third-order valence-electron chi connectivity index (χ3n) is 3.39. The van der Waals surface area contributed by atoms with Crippen LogP contribution in [0.25, 0.3) is 0 Å². The van der Waals surface area contributed by atoms with Crippen molar-refractivity contribution in [3.63, 3.8) is 0 Å². The number of ketones is 1. The number of carbonyl (C=O) groups is 1. The minimum atomic E-state index is -3.85. The van der Waals surface area contributed by atoms with Crippen LogP contribution >= 0.6 is 11.6 Å². The lowest BCUT2D eigenvalue weighted by Crippen LogP contribution is -2.40. The van der Waals surface area contributed by atoms with Crippen molar-refractivity contribution in [1.82, 2.24) is 0 Å². The summed E-state index contributed by atoms with van der Waals surface area (Å²) in [6.45, 7) is 2.28. The third kappa shape index (κ3) is 5.21. The summed E-state index contributed by atoms with van der Waals surface area (Å²) >= 11 is 6.15. The number of nitrogens with two attached hydrogens (primary N) is 2. The maximum absolute atomic E-state index is 12.4. The number of rotatable bonds is 8. The predicted octanol–water partition coefficient (Wildman–Crippen LogP) is 1.62. The van der Waals surface area contributed by atoms with Crippen molar-refractivity contribution in [3.05, 3.63) is 23.1 Å². The zero-order valence-electron chi connectivity index (χ0n) is 12.2. The van der Waals surface area contributed by atoms with E-state index in [1.165, 1.54) is 6.08 Å². The molecule has 1 rings (SSSR count). The van der Waals surface area contributed by atoms with Crippen molar-refractivity contribution < 1.29 is 13.2 Å². The first kappa shape index (κ1) is 18.4. The van der Waals surface area contributed by atoms with Gasteiger partial charge < -0.3 is 11.5 Å². The van der Waals surface area contributed by atoms with Crippen molar-refractivity contribution >= 4 is 27.2 Å². The summed E-state index contributed by atoms with van der Waals surface area (Å²) in [5.74, 6) is -0.459. The van der Waals surface area contributed by atoms with E-state index >= 15 is 0 Å².